The van der Waals surface area contributed by atoms with E-state index in [4.69, 9.17) is 9.15 Å². The number of nitrogens with zero attached hydrogens (tertiary/aromatic N) is 5. The maximum atomic E-state index is 14.3. The second-order valence-corrected chi connectivity index (χ2v) is 7.92. The number of nitrogens with one attached hydrogen (secondary N) is 1. The monoisotopic (exact) mass is 446 g/mol. The van der Waals surface area contributed by atoms with Crippen molar-refractivity contribution in [3.05, 3.63) is 83.3 Å². The Kier molecular flexibility index (Phi) is 4.47. The number of amides is 1. The summed E-state index contributed by atoms with van der Waals surface area (Å²) >= 11 is 0. The summed E-state index contributed by atoms with van der Waals surface area (Å²) in [5, 5.41) is 4.36. The van der Waals surface area contributed by atoms with E-state index in [1.54, 1.807) is 41.2 Å². The number of aromatic nitrogens is 5. The molecule has 1 N–H and O–H groups in total. The molecule has 1 aliphatic rings. The van der Waals surface area contributed by atoms with Gasteiger partial charge in [0, 0.05) is 32.0 Å². The van der Waals surface area contributed by atoms with Gasteiger partial charge in [-0.05, 0) is 23.8 Å². The fourth-order valence-electron chi connectivity index (χ4n) is 4.39. The van der Waals surface area contributed by atoms with Crippen LogP contribution in [-0.2, 0) is 17.8 Å². The van der Waals surface area contributed by atoms with Crippen molar-refractivity contribution >= 4 is 22.5 Å². The van der Waals surface area contributed by atoms with Crippen molar-refractivity contribution in [1.82, 2.24) is 29.5 Å². The van der Waals surface area contributed by atoms with Gasteiger partial charge in [0.25, 0.3) is 5.91 Å². The summed E-state index contributed by atoms with van der Waals surface area (Å²) in [6.45, 7) is 0.864. The molecular formula is C23H19FN6O3. The molecule has 0 aliphatic carbocycles. The van der Waals surface area contributed by atoms with E-state index in [-0.39, 0.29) is 17.4 Å². The maximum absolute atomic E-state index is 14.3. The third-order valence-electron chi connectivity index (χ3n) is 5.92. The zero-order valence-electron chi connectivity index (χ0n) is 17.7. The van der Waals surface area contributed by atoms with Gasteiger partial charge in [-0.3, -0.25) is 4.79 Å². The Morgan fingerprint density at radius 1 is 1.33 bits per heavy atom. The van der Waals surface area contributed by atoms with Crippen molar-refractivity contribution in [2.75, 3.05) is 13.7 Å². The number of carbonyl (C=O) groups excluding carboxylic acids is 1. The Morgan fingerprint density at radius 2 is 2.24 bits per heavy atom. The Balaban J connectivity index is 1.44. The highest BCUT2D eigenvalue weighted by molar-refractivity contribution is 6.01. The number of hydrogen-bond acceptors (Lipinski definition) is 6. The summed E-state index contributed by atoms with van der Waals surface area (Å²) < 4.78 is 27.0. The summed E-state index contributed by atoms with van der Waals surface area (Å²) in [6, 6.07) is 7.63. The van der Waals surface area contributed by atoms with E-state index in [0.29, 0.717) is 41.9 Å². The number of pyridine rings is 1. The zero-order chi connectivity index (χ0) is 22.5. The van der Waals surface area contributed by atoms with Gasteiger partial charge in [0.2, 0.25) is 5.89 Å². The van der Waals surface area contributed by atoms with E-state index in [2.05, 4.69) is 20.1 Å². The van der Waals surface area contributed by atoms with E-state index in [1.807, 2.05) is 18.3 Å². The molecule has 1 amide bonds. The first-order valence-electron chi connectivity index (χ1n) is 10.5. The lowest BCUT2D eigenvalue weighted by molar-refractivity contribution is 0.0669. The van der Waals surface area contributed by atoms with Crippen LogP contribution < -0.4 is 0 Å². The van der Waals surface area contributed by atoms with Gasteiger partial charge in [0.05, 0.1) is 35.9 Å². The van der Waals surface area contributed by atoms with E-state index in [1.165, 1.54) is 6.07 Å². The van der Waals surface area contributed by atoms with Crippen LogP contribution in [0.3, 0.4) is 0 Å². The minimum Gasteiger partial charge on any atom is -0.435 e. The van der Waals surface area contributed by atoms with Crippen LogP contribution in [0.2, 0.25) is 0 Å². The lowest BCUT2D eigenvalue weighted by atomic mass is 10.0. The molecule has 0 unspecified atom stereocenters. The molecule has 1 aromatic carbocycles. The Hall–Kier alpha value is -4.05. The molecule has 6 rings (SSSR count). The SMILES string of the molecule is COCc1ccc2c(C(=O)N3CCc4[nH]cnc4[C@H]3c3nc4cccc(F)c4o3)cnn2c1. The highest BCUT2D eigenvalue weighted by atomic mass is 19.1. The lowest BCUT2D eigenvalue weighted by Gasteiger charge is -2.32. The fraction of sp³-hybridized carbons (Fsp3) is 0.217. The van der Waals surface area contributed by atoms with E-state index < -0.39 is 11.9 Å². The number of rotatable bonds is 4. The molecule has 0 saturated carbocycles. The van der Waals surface area contributed by atoms with Crippen molar-refractivity contribution in [1.29, 1.82) is 0 Å². The number of benzene rings is 1. The predicted octanol–water partition coefficient (Wildman–Crippen LogP) is 3.27. The molecule has 166 valence electrons. The summed E-state index contributed by atoms with van der Waals surface area (Å²) in [5.74, 6) is -0.516. The Labute approximate surface area is 186 Å². The summed E-state index contributed by atoms with van der Waals surface area (Å²) in [4.78, 5) is 27.5. The molecule has 0 fully saturated rings. The predicted molar refractivity (Wildman–Crippen MR) is 115 cm³/mol. The highest BCUT2D eigenvalue weighted by Gasteiger charge is 2.38. The first-order valence-corrected chi connectivity index (χ1v) is 10.5. The maximum Gasteiger partial charge on any atom is 0.258 e. The molecule has 10 heteroatoms. The number of halogens is 1. The second kappa shape index (κ2) is 7.52. The van der Waals surface area contributed by atoms with Crippen LogP contribution in [0.4, 0.5) is 4.39 Å². The number of fused-ring (bicyclic) bond motifs is 3. The highest BCUT2D eigenvalue weighted by Crippen LogP contribution is 2.36. The van der Waals surface area contributed by atoms with Gasteiger partial charge in [-0.15, -0.1) is 0 Å². The molecule has 0 bridgehead atoms. The first kappa shape index (κ1) is 19.6. The fourth-order valence-corrected chi connectivity index (χ4v) is 4.39. The second-order valence-electron chi connectivity index (χ2n) is 7.92. The number of methoxy groups -OCH3 is 1. The van der Waals surface area contributed by atoms with Crippen LogP contribution in [0, 0.1) is 5.82 Å². The number of hydrogen-bond donors (Lipinski definition) is 1. The van der Waals surface area contributed by atoms with Crippen molar-refractivity contribution in [3.8, 4) is 0 Å². The van der Waals surface area contributed by atoms with Gasteiger partial charge in [0.1, 0.15) is 5.52 Å². The topological polar surface area (TPSA) is 102 Å². The number of ether oxygens (including phenoxy) is 1. The molecule has 1 atom stereocenters. The van der Waals surface area contributed by atoms with Crippen LogP contribution in [0.15, 0.2) is 53.5 Å². The molecule has 9 nitrogen and oxygen atoms in total. The molecule has 5 heterocycles. The van der Waals surface area contributed by atoms with Gasteiger partial charge >= 0.3 is 0 Å². The average Bonchev–Trinajstić information content (AvgIpc) is 3.56. The van der Waals surface area contributed by atoms with Crippen LogP contribution in [-0.4, -0.2) is 49.0 Å². The number of carbonyl (C=O) groups is 1. The molecule has 0 spiro atoms. The van der Waals surface area contributed by atoms with Gasteiger partial charge in [-0.25, -0.2) is 18.9 Å². The van der Waals surface area contributed by atoms with Crippen molar-refractivity contribution < 1.29 is 18.3 Å². The van der Waals surface area contributed by atoms with Gasteiger partial charge < -0.3 is 19.0 Å². The quantitative estimate of drug-likeness (QED) is 0.455. The Morgan fingerprint density at radius 3 is 3.09 bits per heavy atom. The largest absolute Gasteiger partial charge is 0.435 e. The summed E-state index contributed by atoms with van der Waals surface area (Å²) in [7, 11) is 1.63. The van der Waals surface area contributed by atoms with E-state index >= 15 is 0 Å². The lowest BCUT2D eigenvalue weighted by Crippen LogP contribution is -2.40. The molecule has 0 radical (unpaired) electrons. The van der Waals surface area contributed by atoms with Crippen molar-refractivity contribution in [2.45, 2.75) is 19.1 Å². The molecule has 33 heavy (non-hydrogen) atoms. The summed E-state index contributed by atoms with van der Waals surface area (Å²) in [5.41, 5.74) is 4.06. The van der Waals surface area contributed by atoms with Crippen molar-refractivity contribution in [2.24, 2.45) is 0 Å². The number of H-pyrrole nitrogens is 1. The molecule has 4 aromatic heterocycles. The van der Waals surface area contributed by atoms with Gasteiger partial charge in [-0.2, -0.15) is 5.10 Å². The number of para-hydroxylation sites is 1. The van der Waals surface area contributed by atoms with Crippen LogP contribution in [0.5, 0.6) is 0 Å². The van der Waals surface area contributed by atoms with Gasteiger partial charge in [-0.1, -0.05) is 12.1 Å². The third kappa shape index (κ3) is 3.10. The van der Waals surface area contributed by atoms with E-state index in [0.717, 1.165) is 11.3 Å². The van der Waals surface area contributed by atoms with Crippen LogP contribution in [0.1, 0.15) is 39.2 Å². The minimum absolute atomic E-state index is 0.0595. The third-order valence-corrected chi connectivity index (χ3v) is 5.92. The van der Waals surface area contributed by atoms with Gasteiger partial charge in [0.15, 0.2) is 17.4 Å². The molecule has 0 saturated heterocycles. The van der Waals surface area contributed by atoms with Crippen LogP contribution in [0.25, 0.3) is 16.6 Å². The number of oxazole rings is 1. The van der Waals surface area contributed by atoms with E-state index in [9.17, 15) is 9.18 Å². The molecule has 5 aromatic rings. The first-order chi connectivity index (χ1) is 16.1. The molecular weight excluding hydrogens is 427 g/mol. The van der Waals surface area contributed by atoms with Crippen LogP contribution >= 0.6 is 0 Å². The Bertz CT molecular complexity index is 1500. The van der Waals surface area contributed by atoms with Crippen molar-refractivity contribution in [3.63, 3.8) is 0 Å². The number of imidazole rings is 1. The summed E-state index contributed by atoms with van der Waals surface area (Å²) in [6.07, 6.45) is 5.57. The normalized spacial score (nSPS) is 15.9. The minimum atomic E-state index is -0.693. The zero-order valence-corrected chi connectivity index (χ0v) is 17.7. The standard InChI is InChI=1S/C23H19FN6O3/c1-32-11-13-5-6-18-14(9-27-30(18)10-13)23(31)29-8-7-16-19(26-12-25-16)20(29)22-28-17-4-2-3-15(24)21(17)33-22/h2-6,9-10,12,20H,7-8,11H2,1H3,(H,25,26)/t20-/m0/s1. The number of aromatic amines is 1. The molecule has 1 aliphatic heterocycles. The average molecular weight is 446 g/mol. The smallest absolute Gasteiger partial charge is 0.258 e.